The zero-order valence-electron chi connectivity index (χ0n) is 16.0. The number of fused-ring (bicyclic) bond motifs is 1. The van der Waals surface area contributed by atoms with Crippen LogP contribution in [0.4, 0.5) is 4.39 Å². The highest BCUT2D eigenvalue weighted by Gasteiger charge is 2.41. The number of esters is 1. The van der Waals surface area contributed by atoms with E-state index in [0.717, 1.165) is 6.07 Å². The first-order valence-corrected chi connectivity index (χ1v) is 9.37. The third-order valence-electron chi connectivity index (χ3n) is 5.38. The highest BCUT2D eigenvalue weighted by Crippen LogP contribution is 2.36. The Morgan fingerprint density at radius 1 is 1.33 bits per heavy atom. The highest BCUT2D eigenvalue weighted by atomic mass is 19.1. The Bertz CT molecular complexity index is 729. The number of amides is 1. The zero-order chi connectivity index (χ0) is 19.6. The van der Waals surface area contributed by atoms with E-state index in [2.05, 4.69) is 0 Å². The van der Waals surface area contributed by atoms with Gasteiger partial charge in [0.25, 0.3) is 0 Å². The van der Waals surface area contributed by atoms with E-state index in [0.29, 0.717) is 26.1 Å². The van der Waals surface area contributed by atoms with Gasteiger partial charge >= 0.3 is 5.97 Å². The number of rotatable bonds is 3. The fourth-order valence-electron chi connectivity index (χ4n) is 3.51. The lowest BCUT2D eigenvalue weighted by Gasteiger charge is -2.38. The average molecular weight is 379 g/mol. The van der Waals surface area contributed by atoms with Crippen molar-refractivity contribution < 1.29 is 28.2 Å². The van der Waals surface area contributed by atoms with Gasteiger partial charge in [-0.15, -0.1) is 0 Å². The van der Waals surface area contributed by atoms with Gasteiger partial charge in [-0.05, 0) is 38.8 Å². The van der Waals surface area contributed by atoms with Gasteiger partial charge < -0.3 is 19.1 Å². The van der Waals surface area contributed by atoms with Crippen molar-refractivity contribution in [2.75, 3.05) is 26.4 Å². The molecule has 1 amide bonds. The smallest absolute Gasteiger partial charge is 0.338 e. The van der Waals surface area contributed by atoms with Crippen molar-refractivity contribution in [3.63, 3.8) is 0 Å². The molecule has 0 bridgehead atoms. The van der Waals surface area contributed by atoms with Crippen molar-refractivity contribution in [1.82, 2.24) is 4.90 Å². The molecule has 2 heterocycles. The maximum atomic E-state index is 14.8. The lowest BCUT2D eigenvalue weighted by atomic mass is 9.80. The van der Waals surface area contributed by atoms with Gasteiger partial charge in [0.05, 0.1) is 30.2 Å². The minimum Gasteiger partial charge on any atom is -0.491 e. The molecular weight excluding hydrogens is 353 g/mol. The largest absolute Gasteiger partial charge is 0.491 e. The maximum Gasteiger partial charge on any atom is 0.338 e. The molecule has 2 aliphatic heterocycles. The monoisotopic (exact) mass is 379 g/mol. The maximum absolute atomic E-state index is 14.8. The molecule has 0 spiro atoms. The van der Waals surface area contributed by atoms with Crippen LogP contribution in [0.1, 0.15) is 49.5 Å². The Labute approximate surface area is 158 Å². The summed E-state index contributed by atoms with van der Waals surface area (Å²) in [6, 6.07) is 2.43. The quantitative estimate of drug-likeness (QED) is 0.756. The lowest BCUT2D eigenvalue weighted by molar-refractivity contribution is -0.149. The van der Waals surface area contributed by atoms with E-state index in [4.69, 9.17) is 14.2 Å². The van der Waals surface area contributed by atoms with E-state index in [1.807, 2.05) is 13.8 Å². The van der Waals surface area contributed by atoms with Crippen molar-refractivity contribution in [1.29, 1.82) is 0 Å². The van der Waals surface area contributed by atoms with Gasteiger partial charge in [-0.1, -0.05) is 6.92 Å². The van der Waals surface area contributed by atoms with Crippen molar-refractivity contribution in [2.24, 2.45) is 5.41 Å². The van der Waals surface area contributed by atoms with Crippen LogP contribution >= 0.6 is 0 Å². The predicted molar refractivity (Wildman–Crippen MR) is 96.0 cm³/mol. The topological polar surface area (TPSA) is 65.1 Å². The lowest BCUT2D eigenvalue weighted by Crippen LogP contribution is -2.49. The molecule has 1 aromatic rings. The van der Waals surface area contributed by atoms with Gasteiger partial charge in [-0.2, -0.15) is 0 Å². The minimum absolute atomic E-state index is 0.0105. The molecule has 0 N–H and O–H groups in total. The number of benzene rings is 1. The van der Waals surface area contributed by atoms with E-state index >= 15 is 0 Å². The molecule has 3 rings (SSSR count). The molecule has 1 fully saturated rings. The van der Waals surface area contributed by atoms with Crippen LogP contribution in [-0.4, -0.2) is 49.2 Å². The first-order chi connectivity index (χ1) is 12.9. The van der Waals surface area contributed by atoms with Gasteiger partial charge in [-0.25, -0.2) is 9.18 Å². The van der Waals surface area contributed by atoms with E-state index in [1.165, 1.54) is 6.07 Å². The molecule has 1 atom stereocenters. The van der Waals surface area contributed by atoms with Gasteiger partial charge in [-0.3, -0.25) is 4.79 Å². The number of hydrogen-bond donors (Lipinski definition) is 0. The van der Waals surface area contributed by atoms with Crippen molar-refractivity contribution in [3.8, 4) is 5.75 Å². The average Bonchev–Trinajstić information content (AvgIpc) is 2.81. The van der Waals surface area contributed by atoms with Gasteiger partial charge in [0.2, 0.25) is 5.91 Å². The summed E-state index contributed by atoms with van der Waals surface area (Å²) in [5.41, 5.74) is -0.119. The van der Waals surface area contributed by atoms with Gasteiger partial charge in [0.1, 0.15) is 18.2 Å². The summed E-state index contributed by atoms with van der Waals surface area (Å²) in [6.45, 7) is 7.17. The number of nitrogens with zero attached hydrogens (tertiary/aromatic N) is 1. The summed E-state index contributed by atoms with van der Waals surface area (Å²) in [5, 5.41) is 0. The van der Waals surface area contributed by atoms with Crippen LogP contribution in [0.3, 0.4) is 0 Å². The van der Waals surface area contributed by atoms with Crippen LogP contribution in [0.25, 0.3) is 0 Å². The summed E-state index contributed by atoms with van der Waals surface area (Å²) in [6.07, 6.45) is 1.29. The second-order valence-electron chi connectivity index (χ2n) is 7.42. The van der Waals surface area contributed by atoms with Crippen molar-refractivity contribution >= 4 is 11.9 Å². The van der Waals surface area contributed by atoms with E-state index in [1.54, 1.807) is 11.8 Å². The summed E-state index contributed by atoms with van der Waals surface area (Å²) in [7, 11) is 0. The molecule has 6 nitrogen and oxygen atoms in total. The van der Waals surface area contributed by atoms with Crippen LogP contribution in [0.2, 0.25) is 0 Å². The first kappa shape index (κ1) is 19.6. The Kier molecular flexibility index (Phi) is 5.69. The third kappa shape index (κ3) is 3.93. The summed E-state index contributed by atoms with van der Waals surface area (Å²) in [4.78, 5) is 26.9. The second-order valence-corrected chi connectivity index (χ2v) is 7.42. The summed E-state index contributed by atoms with van der Waals surface area (Å²) in [5.74, 6) is -0.886. The second kappa shape index (κ2) is 7.84. The van der Waals surface area contributed by atoms with Crippen LogP contribution in [0.5, 0.6) is 5.75 Å². The number of halogens is 1. The van der Waals surface area contributed by atoms with Gasteiger partial charge in [0, 0.05) is 18.8 Å². The molecule has 0 saturated carbocycles. The molecule has 0 radical (unpaired) electrons. The first-order valence-electron chi connectivity index (χ1n) is 9.37. The van der Waals surface area contributed by atoms with Crippen LogP contribution in [0.15, 0.2) is 12.1 Å². The number of hydrogen-bond acceptors (Lipinski definition) is 5. The molecule has 1 saturated heterocycles. The van der Waals surface area contributed by atoms with Crippen molar-refractivity contribution in [2.45, 2.75) is 46.2 Å². The SMILES string of the molecule is CCOC(=O)c1cc(F)c2c(c1)OC[C@H](C)N(C(=O)C1(C)CCOCC1)C2. The molecule has 0 unspecified atom stereocenters. The number of carbonyl (C=O) groups is 2. The van der Waals surface area contributed by atoms with E-state index in [9.17, 15) is 14.0 Å². The molecule has 148 valence electrons. The van der Waals surface area contributed by atoms with Gasteiger partial charge in [0.15, 0.2) is 0 Å². The molecule has 2 aliphatic rings. The van der Waals surface area contributed by atoms with Crippen LogP contribution in [0, 0.1) is 11.2 Å². The molecule has 0 aromatic heterocycles. The van der Waals surface area contributed by atoms with E-state index < -0.39 is 17.2 Å². The zero-order valence-corrected chi connectivity index (χ0v) is 16.0. The van der Waals surface area contributed by atoms with Crippen molar-refractivity contribution in [3.05, 3.63) is 29.1 Å². The van der Waals surface area contributed by atoms with Crippen LogP contribution in [-0.2, 0) is 20.8 Å². The Balaban J connectivity index is 1.89. The molecule has 0 aliphatic carbocycles. The number of ether oxygens (including phenoxy) is 3. The molecule has 7 heteroatoms. The fourth-order valence-corrected chi connectivity index (χ4v) is 3.51. The Hall–Kier alpha value is -2.15. The molecule has 27 heavy (non-hydrogen) atoms. The third-order valence-corrected chi connectivity index (χ3v) is 5.38. The summed E-state index contributed by atoms with van der Waals surface area (Å²) < 4.78 is 30.8. The fraction of sp³-hybridized carbons (Fsp3) is 0.600. The standard InChI is InChI=1S/C20H26FNO5/c1-4-26-18(23)14-9-16(21)15-11-22(13(2)12-27-17(15)10-14)19(24)20(3)5-7-25-8-6-20/h9-10,13H,4-8,11-12H2,1-3H3/t13-/m0/s1. The van der Waals surface area contributed by atoms with E-state index in [-0.39, 0.29) is 48.6 Å². The summed E-state index contributed by atoms with van der Waals surface area (Å²) >= 11 is 0. The molecular formula is C20H26FNO5. The Morgan fingerprint density at radius 3 is 2.70 bits per heavy atom. The molecule has 1 aromatic carbocycles. The van der Waals surface area contributed by atoms with Crippen LogP contribution < -0.4 is 4.74 Å². The minimum atomic E-state index is -0.595. The predicted octanol–water partition coefficient (Wildman–Crippen LogP) is 2.93. The Morgan fingerprint density at radius 2 is 2.04 bits per heavy atom. The highest BCUT2D eigenvalue weighted by molar-refractivity contribution is 5.90. The number of carbonyl (C=O) groups excluding carboxylic acids is 2. The normalized spacial score (nSPS) is 21.6.